The molecule has 1 saturated heterocycles. The second-order valence-corrected chi connectivity index (χ2v) is 6.81. The van der Waals surface area contributed by atoms with Gasteiger partial charge in [0.2, 0.25) is 5.91 Å². The van der Waals surface area contributed by atoms with Crippen LogP contribution in [0.5, 0.6) is 0 Å². The minimum atomic E-state index is 0.0443. The van der Waals surface area contributed by atoms with Crippen LogP contribution in [0.4, 0.5) is 0 Å². The van der Waals surface area contributed by atoms with Crippen LogP contribution in [0.25, 0.3) is 0 Å². The van der Waals surface area contributed by atoms with Gasteiger partial charge in [-0.05, 0) is 61.9 Å². The standard InChI is InChI=1S/C18H27ClN2O/c1-3-17(14-6-4-8-16(19)11-14)21-18(22)10-13(2)15-7-5-9-20-12-15/h4,6,8,11,13,15,17,20H,3,5,7,9-10,12H2,1-2H3,(H,21,22). The summed E-state index contributed by atoms with van der Waals surface area (Å²) < 4.78 is 0. The van der Waals surface area contributed by atoms with E-state index in [1.165, 1.54) is 12.8 Å². The fourth-order valence-corrected chi connectivity index (χ4v) is 3.42. The summed E-state index contributed by atoms with van der Waals surface area (Å²) in [6.07, 6.45) is 3.92. The molecule has 3 unspecified atom stereocenters. The first kappa shape index (κ1) is 17.3. The predicted molar refractivity (Wildman–Crippen MR) is 92.0 cm³/mol. The van der Waals surface area contributed by atoms with Gasteiger partial charge in [-0.2, -0.15) is 0 Å². The van der Waals surface area contributed by atoms with Crippen molar-refractivity contribution in [3.63, 3.8) is 0 Å². The summed E-state index contributed by atoms with van der Waals surface area (Å²) in [7, 11) is 0. The van der Waals surface area contributed by atoms with Crippen LogP contribution in [0, 0.1) is 11.8 Å². The van der Waals surface area contributed by atoms with Gasteiger partial charge in [-0.1, -0.05) is 37.6 Å². The maximum Gasteiger partial charge on any atom is 0.220 e. The van der Waals surface area contributed by atoms with Crippen molar-refractivity contribution < 1.29 is 4.79 Å². The number of carbonyl (C=O) groups excluding carboxylic acids is 1. The Bertz CT molecular complexity index is 486. The van der Waals surface area contributed by atoms with Gasteiger partial charge in [-0.3, -0.25) is 4.79 Å². The van der Waals surface area contributed by atoms with Crippen molar-refractivity contribution in [2.75, 3.05) is 13.1 Å². The van der Waals surface area contributed by atoms with Crippen LogP contribution < -0.4 is 10.6 Å². The van der Waals surface area contributed by atoms with E-state index >= 15 is 0 Å². The molecule has 0 aliphatic carbocycles. The van der Waals surface area contributed by atoms with Crippen molar-refractivity contribution in [3.8, 4) is 0 Å². The first-order valence-corrected chi connectivity index (χ1v) is 8.73. The Labute approximate surface area is 138 Å². The van der Waals surface area contributed by atoms with Crippen molar-refractivity contribution in [1.82, 2.24) is 10.6 Å². The van der Waals surface area contributed by atoms with Gasteiger partial charge in [0, 0.05) is 11.4 Å². The number of hydrogen-bond donors (Lipinski definition) is 2. The van der Waals surface area contributed by atoms with Crippen LogP contribution in [0.3, 0.4) is 0 Å². The smallest absolute Gasteiger partial charge is 0.220 e. The first-order chi connectivity index (χ1) is 10.6. The van der Waals surface area contributed by atoms with Gasteiger partial charge in [0.1, 0.15) is 0 Å². The fourth-order valence-electron chi connectivity index (χ4n) is 3.22. The van der Waals surface area contributed by atoms with Crippen LogP contribution >= 0.6 is 11.6 Å². The SMILES string of the molecule is CCC(NC(=O)CC(C)C1CCCNC1)c1cccc(Cl)c1. The summed E-state index contributed by atoms with van der Waals surface area (Å²) in [6, 6.07) is 7.79. The third kappa shape index (κ3) is 4.99. The molecule has 1 aliphatic rings. The Morgan fingerprint density at radius 2 is 2.32 bits per heavy atom. The van der Waals surface area contributed by atoms with E-state index in [1.54, 1.807) is 0 Å². The fraction of sp³-hybridized carbons (Fsp3) is 0.611. The Kier molecular flexibility index (Phi) is 6.71. The summed E-state index contributed by atoms with van der Waals surface area (Å²) in [5.74, 6) is 1.18. The molecule has 1 amide bonds. The van der Waals surface area contributed by atoms with Crippen LogP contribution in [-0.2, 0) is 4.79 Å². The number of hydrogen-bond acceptors (Lipinski definition) is 2. The zero-order chi connectivity index (χ0) is 15.9. The molecule has 0 radical (unpaired) electrons. The maximum atomic E-state index is 12.4. The molecule has 3 atom stereocenters. The molecule has 0 saturated carbocycles. The van der Waals surface area contributed by atoms with E-state index in [-0.39, 0.29) is 11.9 Å². The molecule has 22 heavy (non-hydrogen) atoms. The Hall–Kier alpha value is -1.06. The molecule has 2 N–H and O–H groups in total. The highest BCUT2D eigenvalue weighted by atomic mass is 35.5. The van der Waals surface area contributed by atoms with E-state index in [0.29, 0.717) is 23.3 Å². The molecular formula is C18H27ClN2O. The molecular weight excluding hydrogens is 296 g/mol. The third-order valence-electron chi connectivity index (χ3n) is 4.64. The second-order valence-electron chi connectivity index (χ2n) is 6.37. The largest absolute Gasteiger partial charge is 0.349 e. The molecule has 4 heteroatoms. The van der Waals surface area contributed by atoms with Crippen molar-refractivity contribution in [2.24, 2.45) is 11.8 Å². The number of benzene rings is 1. The molecule has 3 nitrogen and oxygen atoms in total. The first-order valence-electron chi connectivity index (χ1n) is 8.35. The van der Waals surface area contributed by atoms with E-state index < -0.39 is 0 Å². The average Bonchev–Trinajstić information content (AvgIpc) is 2.53. The lowest BCUT2D eigenvalue weighted by atomic mass is 9.85. The van der Waals surface area contributed by atoms with Crippen LogP contribution in [-0.4, -0.2) is 19.0 Å². The lowest BCUT2D eigenvalue weighted by molar-refractivity contribution is -0.123. The number of amides is 1. The Morgan fingerprint density at radius 1 is 1.50 bits per heavy atom. The molecule has 1 aromatic rings. The molecule has 1 fully saturated rings. The predicted octanol–water partition coefficient (Wildman–Crippen LogP) is 3.93. The number of nitrogens with one attached hydrogen (secondary N) is 2. The monoisotopic (exact) mass is 322 g/mol. The highest BCUT2D eigenvalue weighted by molar-refractivity contribution is 6.30. The Balaban J connectivity index is 1.89. The molecule has 2 rings (SSSR count). The van der Waals surface area contributed by atoms with Crippen molar-refractivity contribution >= 4 is 17.5 Å². The molecule has 1 heterocycles. The quantitative estimate of drug-likeness (QED) is 0.833. The van der Waals surface area contributed by atoms with Crippen molar-refractivity contribution in [1.29, 1.82) is 0 Å². The van der Waals surface area contributed by atoms with Gasteiger partial charge in [-0.15, -0.1) is 0 Å². The van der Waals surface area contributed by atoms with E-state index in [2.05, 4.69) is 24.5 Å². The molecule has 1 aliphatic heterocycles. The van der Waals surface area contributed by atoms with Crippen molar-refractivity contribution in [2.45, 2.75) is 45.6 Å². The minimum absolute atomic E-state index is 0.0443. The minimum Gasteiger partial charge on any atom is -0.349 e. The van der Waals surface area contributed by atoms with Gasteiger partial charge < -0.3 is 10.6 Å². The summed E-state index contributed by atoms with van der Waals surface area (Å²) in [5.41, 5.74) is 1.08. The van der Waals surface area contributed by atoms with Crippen molar-refractivity contribution in [3.05, 3.63) is 34.9 Å². The van der Waals surface area contributed by atoms with Gasteiger partial charge in [0.15, 0.2) is 0 Å². The topological polar surface area (TPSA) is 41.1 Å². The summed E-state index contributed by atoms with van der Waals surface area (Å²) in [6.45, 7) is 6.43. The molecule has 122 valence electrons. The van der Waals surface area contributed by atoms with Gasteiger partial charge in [0.05, 0.1) is 6.04 Å². The summed E-state index contributed by atoms with van der Waals surface area (Å²) in [4.78, 5) is 12.4. The van der Waals surface area contributed by atoms with Crippen LogP contribution in [0.15, 0.2) is 24.3 Å². The van der Waals surface area contributed by atoms with Crippen LogP contribution in [0.1, 0.15) is 51.1 Å². The van der Waals surface area contributed by atoms with E-state index in [9.17, 15) is 4.79 Å². The van der Waals surface area contributed by atoms with Gasteiger partial charge in [0.25, 0.3) is 0 Å². The molecule has 0 spiro atoms. The average molecular weight is 323 g/mol. The second kappa shape index (κ2) is 8.54. The van der Waals surface area contributed by atoms with E-state index in [4.69, 9.17) is 11.6 Å². The number of rotatable bonds is 6. The lowest BCUT2D eigenvalue weighted by Crippen LogP contribution is -2.36. The summed E-state index contributed by atoms with van der Waals surface area (Å²) in [5, 5.41) is 7.30. The highest BCUT2D eigenvalue weighted by Gasteiger charge is 2.23. The Morgan fingerprint density at radius 3 is 2.95 bits per heavy atom. The zero-order valence-corrected chi connectivity index (χ0v) is 14.3. The highest BCUT2D eigenvalue weighted by Crippen LogP contribution is 2.24. The molecule has 0 bridgehead atoms. The maximum absolute atomic E-state index is 12.4. The molecule has 1 aromatic carbocycles. The third-order valence-corrected chi connectivity index (χ3v) is 4.88. The molecule has 0 aromatic heterocycles. The number of piperidine rings is 1. The van der Waals surface area contributed by atoms with E-state index in [0.717, 1.165) is 25.1 Å². The van der Waals surface area contributed by atoms with Gasteiger partial charge in [-0.25, -0.2) is 0 Å². The van der Waals surface area contributed by atoms with Gasteiger partial charge >= 0.3 is 0 Å². The van der Waals surface area contributed by atoms with E-state index in [1.807, 2.05) is 24.3 Å². The summed E-state index contributed by atoms with van der Waals surface area (Å²) >= 11 is 6.05. The lowest BCUT2D eigenvalue weighted by Gasteiger charge is -2.28. The normalized spacial score (nSPS) is 21.1. The zero-order valence-electron chi connectivity index (χ0n) is 13.6. The number of carbonyl (C=O) groups is 1. The number of halogens is 1. The van der Waals surface area contributed by atoms with Crippen LogP contribution in [0.2, 0.25) is 5.02 Å².